The fourth-order valence-corrected chi connectivity index (χ4v) is 1.07. The number of hydrogen-bond acceptors (Lipinski definition) is 5. The smallest absolute Gasteiger partial charge is 0.417 e. The molecule has 0 unspecified atom stereocenters. The van der Waals surface area contributed by atoms with Gasteiger partial charge in [0.15, 0.2) is 6.29 Å². The molecule has 0 atom stereocenters. The minimum Gasteiger partial charge on any atom is -0.473 e. The largest absolute Gasteiger partial charge is 0.473 e. The van der Waals surface area contributed by atoms with E-state index in [1.807, 2.05) is 13.8 Å². The second-order valence-electron chi connectivity index (χ2n) is 3.78. The maximum Gasteiger partial charge on any atom is 0.417 e. The summed E-state index contributed by atoms with van der Waals surface area (Å²) < 4.78 is 15.3. The van der Waals surface area contributed by atoms with Crippen LogP contribution in [0.15, 0.2) is 0 Å². The van der Waals surface area contributed by atoms with Crippen molar-refractivity contribution in [3.8, 4) is 0 Å². The monoisotopic (exact) mass is 262 g/mol. The van der Waals surface area contributed by atoms with Gasteiger partial charge in [-0.3, -0.25) is 0 Å². The number of carboxylic acid groups (broad SMARTS) is 1. The summed E-state index contributed by atoms with van der Waals surface area (Å²) in [6.07, 6.45) is 3.03. The SMILES string of the molecule is CCCCOC(COC(=O)C(=O)O)OCCCC. The Balaban J connectivity index is 3.94. The third-order valence-corrected chi connectivity index (χ3v) is 2.13. The average molecular weight is 262 g/mol. The molecule has 1 N–H and O–H groups in total. The second kappa shape index (κ2) is 11.0. The Kier molecular flexibility index (Phi) is 10.3. The number of esters is 1. The molecular weight excluding hydrogens is 240 g/mol. The van der Waals surface area contributed by atoms with Crippen molar-refractivity contribution in [2.75, 3.05) is 19.8 Å². The molecular formula is C12H22O6. The normalized spacial score (nSPS) is 10.6. The molecule has 0 radical (unpaired) electrons. The van der Waals surface area contributed by atoms with E-state index in [2.05, 4.69) is 4.74 Å². The molecule has 0 fully saturated rings. The van der Waals surface area contributed by atoms with Crippen LogP contribution in [0.3, 0.4) is 0 Å². The predicted molar refractivity (Wildman–Crippen MR) is 64.1 cm³/mol. The van der Waals surface area contributed by atoms with E-state index in [0.717, 1.165) is 25.7 Å². The molecule has 0 aliphatic heterocycles. The van der Waals surface area contributed by atoms with Gasteiger partial charge in [0.1, 0.15) is 6.61 Å². The number of carbonyl (C=O) groups is 2. The molecule has 0 rings (SSSR count). The zero-order valence-electron chi connectivity index (χ0n) is 11.0. The minimum absolute atomic E-state index is 0.196. The lowest BCUT2D eigenvalue weighted by atomic mass is 10.3. The van der Waals surface area contributed by atoms with E-state index in [1.54, 1.807) is 0 Å². The number of aliphatic carboxylic acids is 1. The number of carboxylic acids is 1. The molecule has 0 aliphatic rings. The van der Waals surface area contributed by atoms with Crippen molar-refractivity contribution in [2.45, 2.75) is 45.8 Å². The maximum absolute atomic E-state index is 10.8. The lowest BCUT2D eigenvalue weighted by molar-refractivity contribution is -0.188. The van der Waals surface area contributed by atoms with Gasteiger partial charge < -0.3 is 19.3 Å². The summed E-state index contributed by atoms with van der Waals surface area (Å²) in [7, 11) is 0. The number of hydrogen-bond donors (Lipinski definition) is 1. The molecule has 0 spiro atoms. The molecule has 0 heterocycles. The van der Waals surface area contributed by atoms with Crippen molar-refractivity contribution >= 4 is 11.9 Å². The first-order valence-electron chi connectivity index (χ1n) is 6.25. The van der Waals surface area contributed by atoms with Crippen molar-refractivity contribution < 1.29 is 28.9 Å². The van der Waals surface area contributed by atoms with Crippen LogP contribution in [0.1, 0.15) is 39.5 Å². The third kappa shape index (κ3) is 8.95. The first-order chi connectivity index (χ1) is 8.61. The summed E-state index contributed by atoms with van der Waals surface area (Å²) in [5.41, 5.74) is 0. The lowest BCUT2D eigenvalue weighted by Crippen LogP contribution is -2.28. The molecule has 0 aromatic carbocycles. The van der Waals surface area contributed by atoms with Gasteiger partial charge in [0.25, 0.3) is 0 Å². The fourth-order valence-electron chi connectivity index (χ4n) is 1.07. The Hall–Kier alpha value is -1.14. The van der Waals surface area contributed by atoms with Gasteiger partial charge in [-0.1, -0.05) is 26.7 Å². The summed E-state index contributed by atoms with van der Waals surface area (Å²) in [5.74, 6) is -2.91. The molecule has 6 nitrogen and oxygen atoms in total. The van der Waals surface area contributed by atoms with Crippen molar-refractivity contribution in [1.82, 2.24) is 0 Å². The average Bonchev–Trinajstić information content (AvgIpc) is 2.35. The van der Waals surface area contributed by atoms with Crippen molar-refractivity contribution in [3.63, 3.8) is 0 Å². The molecule has 0 saturated carbocycles. The predicted octanol–water partition coefficient (Wildman–Crippen LogP) is 1.57. The van der Waals surface area contributed by atoms with E-state index in [-0.39, 0.29) is 6.61 Å². The zero-order chi connectivity index (χ0) is 13.8. The number of carbonyl (C=O) groups excluding carboxylic acids is 1. The topological polar surface area (TPSA) is 82.1 Å². The molecule has 6 heteroatoms. The molecule has 0 bridgehead atoms. The van der Waals surface area contributed by atoms with Crippen molar-refractivity contribution in [1.29, 1.82) is 0 Å². The van der Waals surface area contributed by atoms with Crippen LogP contribution in [-0.4, -0.2) is 43.2 Å². The van der Waals surface area contributed by atoms with E-state index in [1.165, 1.54) is 0 Å². The summed E-state index contributed by atoms with van der Waals surface area (Å²) in [6.45, 7) is 4.86. The zero-order valence-corrected chi connectivity index (χ0v) is 11.0. The lowest BCUT2D eigenvalue weighted by Gasteiger charge is -2.17. The highest BCUT2D eigenvalue weighted by Gasteiger charge is 2.17. The Bertz CT molecular complexity index is 231. The van der Waals surface area contributed by atoms with Crippen LogP contribution < -0.4 is 0 Å². The van der Waals surface area contributed by atoms with Gasteiger partial charge in [0.2, 0.25) is 0 Å². The van der Waals surface area contributed by atoms with E-state index in [4.69, 9.17) is 14.6 Å². The van der Waals surface area contributed by atoms with Crippen LogP contribution in [-0.2, 0) is 23.8 Å². The van der Waals surface area contributed by atoms with Crippen LogP contribution in [0.25, 0.3) is 0 Å². The molecule has 106 valence electrons. The van der Waals surface area contributed by atoms with Crippen LogP contribution in [0.4, 0.5) is 0 Å². The highest BCUT2D eigenvalue weighted by atomic mass is 16.7. The quantitative estimate of drug-likeness (QED) is 0.278. The summed E-state index contributed by atoms with van der Waals surface area (Å²) >= 11 is 0. The number of rotatable bonds is 10. The number of unbranched alkanes of at least 4 members (excludes halogenated alkanes) is 2. The first kappa shape index (κ1) is 16.9. The van der Waals surface area contributed by atoms with Gasteiger partial charge in [-0.15, -0.1) is 0 Å². The molecule has 0 aromatic heterocycles. The van der Waals surface area contributed by atoms with Gasteiger partial charge in [0, 0.05) is 13.2 Å². The molecule has 18 heavy (non-hydrogen) atoms. The van der Waals surface area contributed by atoms with Gasteiger partial charge in [-0.05, 0) is 12.8 Å². The summed E-state index contributed by atoms with van der Waals surface area (Å²) in [4.78, 5) is 21.1. The Labute approximate surface area is 107 Å². The first-order valence-corrected chi connectivity index (χ1v) is 6.25. The highest BCUT2D eigenvalue weighted by molar-refractivity contribution is 6.28. The van der Waals surface area contributed by atoms with E-state index in [0.29, 0.717) is 13.2 Å². The van der Waals surface area contributed by atoms with E-state index >= 15 is 0 Å². The van der Waals surface area contributed by atoms with Crippen LogP contribution >= 0.6 is 0 Å². The van der Waals surface area contributed by atoms with Gasteiger partial charge >= 0.3 is 11.9 Å². The molecule has 0 amide bonds. The maximum atomic E-state index is 10.8. The van der Waals surface area contributed by atoms with Crippen LogP contribution in [0.5, 0.6) is 0 Å². The van der Waals surface area contributed by atoms with Gasteiger partial charge in [-0.25, -0.2) is 9.59 Å². The molecule has 0 aromatic rings. The second-order valence-corrected chi connectivity index (χ2v) is 3.78. The molecule has 0 saturated heterocycles. The highest BCUT2D eigenvalue weighted by Crippen LogP contribution is 2.01. The third-order valence-electron chi connectivity index (χ3n) is 2.13. The van der Waals surface area contributed by atoms with Crippen molar-refractivity contribution in [2.24, 2.45) is 0 Å². The number of ether oxygens (including phenoxy) is 3. The molecule has 0 aliphatic carbocycles. The van der Waals surface area contributed by atoms with E-state index < -0.39 is 18.2 Å². The summed E-state index contributed by atoms with van der Waals surface area (Å²) in [6, 6.07) is 0. The van der Waals surface area contributed by atoms with Gasteiger partial charge in [-0.2, -0.15) is 0 Å². The van der Waals surface area contributed by atoms with E-state index in [9.17, 15) is 9.59 Å². The fraction of sp³-hybridized carbons (Fsp3) is 0.833. The Morgan fingerprint density at radius 2 is 1.56 bits per heavy atom. The minimum atomic E-state index is -1.61. The summed E-state index contributed by atoms with van der Waals surface area (Å²) in [5, 5.41) is 8.37. The van der Waals surface area contributed by atoms with Crippen LogP contribution in [0, 0.1) is 0 Å². The van der Waals surface area contributed by atoms with Crippen LogP contribution in [0.2, 0.25) is 0 Å². The Morgan fingerprint density at radius 3 is 1.94 bits per heavy atom. The Morgan fingerprint density at radius 1 is 1.06 bits per heavy atom. The van der Waals surface area contributed by atoms with Gasteiger partial charge in [0.05, 0.1) is 0 Å². The standard InChI is InChI=1S/C12H22O6/c1-3-5-7-16-10(17-8-6-4-2)9-18-12(15)11(13)14/h10H,3-9H2,1-2H3,(H,13,14). The van der Waals surface area contributed by atoms with Crippen molar-refractivity contribution in [3.05, 3.63) is 0 Å².